The van der Waals surface area contributed by atoms with Crippen molar-refractivity contribution in [3.63, 3.8) is 0 Å². The molecule has 0 amide bonds. The predicted octanol–water partition coefficient (Wildman–Crippen LogP) is 5.55. The van der Waals surface area contributed by atoms with Gasteiger partial charge in [-0.2, -0.15) is 0 Å². The van der Waals surface area contributed by atoms with Gasteiger partial charge in [0.25, 0.3) is 0 Å². The molecular formula is C26H26ClFN4O4. The Morgan fingerprint density at radius 1 is 1.19 bits per heavy atom. The average Bonchev–Trinajstić information content (AvgIpc) is 3.47. The number of methoxy groups -OCH3 is 1. The molecule has 5 rings (SSSR count). The van der Waals surface area contributed by atoms with Gasteiger partial charge in [-0.05, 0) is 51.0 Å². The van der Waals surface area contributed by atoms with Crippen LogP contribution in [0.5, 0.6) is 11.5 Å². The molecule has 1 aliphatic heterocycles. The van der Waals surface area contributed by atoms with Crippen molar-refractivity contribution in [2.45, 2.75) is 51.4 Å². The van der Waals surface area contributed by atoms with E-state index in [4.69, 9.17) is 25.5 Å². The summed E-state index contributed by atoms with van der Waals surface area (Å²) >= 11 is 5.85. The number of hydrogen-bond donors (Lipinski definition) is 1. The van der Waals surface area contributed by atoms with Crippen LogP contribution in [0.25, 0.3) is 22.7 Å². The zero-order chi connectivity index (χ0) is 25.7. The maximum absolute atomic E-state index is 14.2. The molecule has 36 heavy (non-hydrogen) atoms. The summed E-state index contributed by atoms with van der Waals surface area (Å²) in [5.74, 6) is 2.45. The maximum Gasteiger partial charge on any atom is 0.196 e. The number of rotatable bonds is 6. The molecule has 1 N–H and O–H groups in total. The zero-order valence-corrected chi connectivity index (χ0v) is 21.1. The van der Waals surface area contributed by atoms with E-state index in [-0.39, 0.29) is 10.8 Å². The molecule has 0 fully saturated rings. The summed E-state index contributed by atoms with van der Waals surface area (Å²) in [6, 6.07) is 9.86. The minimum atomic E-state index is -1.36. The van der Waals surface area contributed by atoms with E-state index in [1.165, 1.54) is 12.1 Å². The normalized spacial score (nSPS) is 17.6. The van der Waals surface area contributed by atoms with Crippen LogP contribution in [-0.2, 0) is 12.1 Å². The Morgan fingerprint density at radius 3 is 2.67 bits per heavy atom. The number of oxazole rings is 1. The molecule has 4 aromatic rings. The second-order valence-electron chi connectivity index (χ2n) is 9.33. The molecule has 0 spiro atoms. The SMILES string of the molecule is COc1cc(-c2nnc3n2CCCC3(Oc2ccc(Cl)c(F)c2)C(C)(C)O)ccc1-c1cnc(C)o1. The highest BCUT2D eigenvalue weighted by Crippen LogP contribution is 2.45. The first-order chi connectivity index (χ1) is 17.1. The van der Waals surface area contributed by atoms with Crippen LogP contribution < -0.4 is 9.47 Å². The van der Waals surface area contributed by atoms with E-state index >= 15 is 0 Å². The second-order valence-corrected chi connectivity index (χ2v) is 9.73. The highest BCUT2D eigenvalue weighted by atomic mass is 35.5. The van der Waals surface area contributed by atoms with Crippen molar-refractivity contribution >= 4 is 11.6 Å². The lowest BCUT2D eigenvalue weighted by molar-refractivity contribution is -0.137. The molecule has 188 valence electrons. The first-order valence-corrected chi connectivity index (χ1v) is 11.9. The van der Waals surface area contributed by atoms with Gasteiger partial charge in [-0.25, -0.2) is 9.37 Å². The third-order valence-electron chi connectivity index (χ3n) is 6.54. The first-order valence-electron chi connectivity index (χ1n) is 11.5. The summed E-state index contributed by atoms with van der Waals surface area (Å²) in [5, 5.41) is 20.2. The van der Waals surface area contributed by atoms with E-state index in [2.05, 4.69) is 15.2 Å². The Labute approximate surface area is 212 Å². The number of nitrogens with zero attached hydrogens (tertiary/aromatic N) is 4. The van der Waals surface area contributed by atoms with Crippen molar-refractivity contribution in [2.75, 3.05) is 7.11 Å². The van der Waals surface area contributed by atoms with Crippen molar-refractivity contribution < 1.29 is 23.4 Å². The fraction of sp³-hybridized carbons (Fsp3) is 0.346. The van der Waals surface area contributed by atoms with Crippen molar-refractivity contribution in [3.8, 4) is 34.2 Å². The van der Waals surface area contributed by atoms with Gasteiger partial charge in [0.2, 0.25) is 0 Å². The number of aryl methyl sites for hydroxylation is 1. The number of benzene rings is 2. The lowest BCUT2D eigenvalue weighted by Crippen LogP contribution is -2.55. The molecule has 3 heterocycles. The van der Waals surface area contributed by atoms with Gasteiger partial charge in [0.1, 0.15) is 22.9 Å². The van der Waals surface area contributed by atoms with Crippen LogP contribution in [-0.4, -0.2) is 37.6 Å². The van der Waals surface area contributed by atoms with Crippen LogP contribution in [0.15, 0.2) is 47.0 Å². The monoisotopic (exact) mass is 512 g/mol. The third kappa shape index (κ3) is 4.02. The van der Waals surface area contributed by atoms with E-state index in [1.807, 2.05) is 22.8 Å². The summed E-state index contributed by atoms with van der Waals surface area (Å²) in [6.45, 7) is 5.71. The molecular weight excluding hydrogens is 487 g/mol. The molecule has 2 aromatic carbocycles. The molecule has 0 aliphatic carbocycles. The Morgan fingerprint density at radius 2 is 2.00 bits per heavy atom. The summed E-state index contributed by atoms with van der Waals surface area (Å²) in [5.41, 5.74) is -1.09. The maximum atomic E-state index is 14.2. The fourth-order valence-corrected chi connectivity index (χ4v) is 4.80. The van der Waals surface area contributed by atoms with Gasteiger partial charge in [0.15, 0.2) is 28.9 Å². The van der Waals surface area contributed by atoms with Gasteiger partial charge in [-0.1, -0.05) is 17.7 Å². The summed E-state index contributed by atoms with van der Waals surface area (Å²) in [6.07, 6.45) is 2.80. The van der Waals surface area contributed by atoms with Gasteiger partial charge in [-0.15, -0.1) is 10.2 Å². The molecule has 8 nitrogen and oxygen atoms in total. The van der Waals surface area contributed by atoms with Gasteiger partial charge in [0, 0.05) is 25.1 Å². The average molecular weight is 513 g/mol. The number of ether oxygens (including phenoxy) is 2. The molecule has 10 heteroatoms. The minimum Gasteiger partial charge on any atom is -0.496 e. The van der Waals surface area contributed by atoms with E-state index in [1.54, 1.807) is 40.1 Å². The van der Waals surface area contributed by atoms with E-state index in [0.717, 1.165) is 11.1 Å². The van der Waals surface area contributed by atoms with Crippen molar-refractivity contribution in [2.24, 2.45) is 0 Å². The predicted molar refractivity (Wildman–Crippen MR) is 131 cm³/mol. The van der Waals surface area contributed by atoms with Crippen LogP contribution in [0.1, 0.15) is 38.4 Å². The van der Waals surface area contributed by atoms with E-state index in [9.17, 15) is 9.50 Å². The quantitative estimate of drug-likeness (QED) is 0.362. The van der Waals surface area contributed by atoms with Crippen LogP contribution >= 0.6 is 11.6 Å². The lowest BCUT2D eigenvalue weighted by atomic mass is 9.79. The molecule has 0 saturated heterocycles. The number of halogens is 2. The van der Waals surface area contributed by atoms with Crippen LogP contribution in [0.3, 0.4) is 0 Å². The Balaban J connectivity index is 1.59. The summed E-state index contributed by atoms with van der Waals surface area (Å²) < 4.78 is 33.7. The smallest absolute Gasteiger partial charge is 0.196 e. The summed E-state index contributed by atoms with van der Waals surface area (Å²) in [7, 11) is 1.59. The second kappa shape index (κ2) is 8.90. The number of aliphatic hydroxyl groups is 1. The number of fused-ring (bicyclic) bond motifs is 1. The zero-order valence-electron chi connectivity index (χ0n) is 20.4. The van der Waals surface area contributed by atoms with E-state index < -0.39 is 17.0 Å². The topological polar surface area (TPSA) is 95.4 Å². The first kappa shape index (κ1) is 24.3. The Bertz CT molecular complexity index is 1430. The molecule has 0 bridgehead atoms. The largest absolute Gasteiger partial charge is 0.496 e. The summed E-state index contributed by atoms with van der Waals surface area (Å²) in [4.78, 5) is 4.16. The molecule has 1 aliphatic rings. The standard InChI is InChI=1S/C26H26ClFN4O4/c1-15-29-14-22(35-15)18-8-6-16(12-21(18)34-4)23-30-31-24-26(25(2,3)33,10-5-11-32(23)24)36-17-7-9-19(27)20(28)13-17/h6-9,12-14,33H,5,10-11H2,1-4H3. The number of hydrogen-bond acceptors (Lipinski definition) is 7. The molecule has 0 radical (unpaired) electrons. The molecule has 2 aromatic heterocycles. The molecule has 1 unspecified atom stereocenters. The van der Waals surface area contributed by atoms with Crippen molar-refractivity contribution in [3.05, 3.63) is 65.2 Å². The van der Waals surface area contributed by atoms with Gasteiger partial charge < -0.3 is 23.6 Å². The van der Waals surface area contributed by atoms with Crippen LogP contribution in [0.2, 0.25) is 5.02 Å². The van der Waals surface area contributed by atoms with Crippen LogP contribution in [0, 0.1) is 12.7 Å². The van der Waals surface area contributed by atoms with Crippen molar-refractivity contribution in [1.29, 1.82) is 0 Å². The van der Waals surface area contributed by atoms with E-state index in [0.29, 0.717) is 48.4 Å². The van der Waals surface area contributed by atoms with Gasteiger partial charge in [-0.3, -0.25) is 0 Å². The van der Waals surface area contributed by atoms with Crippen LogP contribution in [0.4, 0.5) is 4.39 Å². The molecule has 1 atom stereocenters. The van der Waals surface area contributed by atoms with Gasteiger partial charge in [0.05, 0.1) is 23.9 Å². The molecule has 0 saturated carbocycles. The third-order valence-corrected chi connectivity index (χ3v) is 6.85. The van der Waals surface area contributed by atoms with Crippen molar-refractivity contribution in [1.82, 2.24) is 19.7 Å². The Kier molecular flexibility index (Phi) is 6.00. The highest BCUT2D eigenvalue weighted by Gasteiger charge is 2.53. The fourth-order valence-electron chi connectivity index (χ4n) is 4.69. The lowest BCUT2D eigenvalue weighted by Gasteiger charge is -2.44. The Hall–Kier alpha value is -3.43. The highest BCUT2D eigenvalue weighted by molar-refractivity contribution is 6.30. The number of aromatic nitrogens is 4. The van der Waals surface area contributed by atoms with Gasteiger partial charge >= 0.3 is 0 Å². The minimum absolute atomic E-state index is 0.00774.